The fourth-order valence-corrected chi connectivity index (χ4v) is 5.23. The third-order valence-electron chi connectivity index (χ3n) is 6.92. The Balaban J connectivity index is 1.53. The summed E-state index contributed by atoms with van der Waals surface area (Å²) in [6, 6.07) is 3.52. The highest BCUT2D eigenvalue weighted by Crippen LogP contribution is 2.34. The number of piperidine rings is 1. The molecule has 1 atom stereocenters. The summed E-state index contributed by atoms with van der Waals surface area (Å²) in [5.41, 5.74) is 6.76. The summed E-state index contributed by atoms with van der Waals surface area (Å²) in [6.45, 7) is 7.33. The van der Waals surface area contributed by atoms with Gasteiger partial charge in [-0.15, -0.1) is 0 Å². The molecular weight excluding hydrogens is 438 g/mol. The summed E-state index contributed by atoms with van der Waals surface area (Å²) >= 11 is 0. The second kappa shape index (κ2) is 10.4. The molecule has 3 aliphatic rings. The van der Waals surface area contributed by atoms with Gasteiger partial charge in [0.15, 0.2) is 12.1 Å². The van der Waals surface area contributed by atoms with Gasteiger partial charge in [0, 0.05) is 31.1 Å². The quantitative estimate of drug-likeness (QED) is 0.606. The van der Waals surface area contributed by atoms with E-state index in [0.29, 0.717) is 5.84 Å². The molecule has 0 radical (unpaired) electrons. The zero-order valence-corrected chi connectivity index (χ0v) is 19.7. The molecule has 0 bridgehead atoms. The van der Waals surface area contributed by atoms with Crippen molar-refractivity contribution in [3.63, 3.8) is 0 Å². The first kappa shape index (κ1) is 24.0. The molecule has 4 N–H and O–H groups in total. The first-order valence-corrected chi connectivity index (χ1v) is 12.1. The van der Waals surface area contributed by atoms with Crippen LogP contribution in [-0.4, -0.2) is 47.0 Å². The van der Waals surface area contributed by atoms with Gasteiger partial charge in [0.2, 0.25) is 5.91 Å². The monoisotopic (exact) mass is 472 g/mol. The van der Waals surface area contributed by atoms with Crippen LogP contribution in [0.4, 0.5) is 14.5 Å². The molecule has 4 rings (SSSR count). The molecule has 0 aromatic heterocycles. The normalized spacial score (nSPS) is 27.7. The second-order valence-corrected chi connectivity index (χ2v) is 9.24. The molecule has 0 spiro atoms. The Morgan fingerprint density at radius 1 is 1.21 bits per heavy atom. The second-order valence-electron chi connectivity index (χ2n) is 9.24. The van der Waals surface area contributed by atoms with Crippen LogP contribution in [0.3, 0.4) is 0 Å². The summed E-state index contributed by atoms with van der Waals surface area (Å²) in [5, 5.41) is 6.48. The van der Waals surface area contributed by atoms with Crippen molar-refractivity contribution in [2.75, 3.05) is 18.4 Å². The molecule has 184 valence electrons. The van der Waals surface area contributed by atoms with Crippen molar-refractivity contribution < 1.29 is 13.6 Å². The zero-order chi connectivity index (χ0) is 24.2. The lowest BCUT2D eigenvalue weighted by molar-refractivity contribution is -0.137. The van der Waals surface area contributed by atoms with E-state index in [9.17, 15) is 13.6 Å². The summed E-state index contributed by atoms with van der Waals surface area (Å²) in [5.74, 6) is -0.194. The predicted molar refractivity (Wildman–Crippen MR) is 129 cm³/mol. The Bertz CT molecular complexity index is 980. The van der Waals surface area contributed by atoms with E-state index in [1.54, 1.807) is 0 Å². The lowest BCUT2D eigenvalue weighted by atomic mass is 9.84. The number of nitrogens with one attached hydrogen (secondary N) is 2. The maximum Gasteiger partial charge on any atom is 0.225 e. The Morgan fingerprint density at radius 2 is 1.91 bits per heavy atom. The predicted octanol–water partition coefficient (Wildman–Crippen LogP) is 3.87. The van der Waals surface area contributed by atoms with Gasteiger partial charge >= 0.3 is 0 Å². The van der Waals surface area contributed by atoms with Gasteiger partial charge in [-0.2, -0.15) is 0 Å². The Hall–Kier alpha value is -3.10. The first-order valence-electron chi connectivity index (χ1n) is 12.1. The van der Waals surface area contributed by atoms with Gasteiger partial charge in [0.1, 0.15) is 17.5 Å². The van der Waals surface area contributed by atoms with Crippen LogP contribution in [0.5, 0.6) is 0 Å². The standard InChI is InChI=1S/C25H34F2N6O/c1-3-21-23(29-16(2)28)33(25(30-21)31-22-12-9-18(26)15-20(22)27)19-10-7-17(8-11-19)24(34)32-13-5-4-6-14-32/h3,9,12,15,17,19,25,30-31H,2,4-8,10-11,13-14,28H2,1H3/b21-3+,29-23+. The van der Waals surface area contributed by atoms with Crippen molar-refractivity contribution >= 4 is 17.4 Å². The number of halogens is 2. The summed E-state index contributed by atoms with van der Waals surface area (Å²) in [7, 11) is 0. The van der Waals surface area contributed by atoms with E-state index in [4.69, 9.17) is 5.73 Å². The summed E-state index contributed by atoms with van der Waals surface area (Å²) in [4.78, 5) is 21.6. The highest BCUT2D eigenvalue weighted by molar-refractivity contribution is 6.01. The number of benzene rings is 1. The van der Waals surface area contributed by atoms with Crippen molar-refractivity contribution in [1.29, 1.82) is 0 Å². The highest BCUT2D eigenvalue weighted by atomic mass is 19.1. The van der Waals surface area contributed by atoms with Crippen LogP contribution < -0.4 is 16.4 Å². The molecule has 1 unspecified atom stereocenters. The van der Waals surface area contributed by atoms with Crippen molar-refractivity contribution in [3.05, 3.63) is 54.0 Å². The van der Waals surface area contributed by atoms with E-state index in [2.05, 4.69) is 27.1 Å². The fourth-order valence-electron chi connectivity index (χ4n) is 5.23. The fraction of sp³-hybridized carbons (Fsp3) is 0.520. The number of anilines is 1. The maximum atomic E-state index is 14.4. The number of nitrogens with two attached hydrogens (primary N) is 1. The number of allylic oxidation sites excluding steroid dienone is 1. The molecule has 1 aliphatic carbocycles. The van der Waals surface area contributed by atoms with Gasteiger partial charge in [0.05, 0.1) is 11.4 Å². The van der Waals surface area contributed by atoms with Gasteiger partial charge in [-0.3, -0.25) is 4.79 Å². The SMILES string of the molecule is C=C(N)/N=C1\C(=C/C)NC(Nc2ccc(F)cc2F)N1C1CCC(C(=O)N2CCCCC2)CC1. The molecule has 1 aromatic carbocycles. The van der Waals surface area contributed by atoms with Crippen molar-refractivity contribution in [3.8, 4) is 0 Å². The number of hydrogen-bond donors (Lipinski definition) is 3. The number of carbonyl (C=O) groups is 1. The molecule has 2 aliphatic heterocycles. The average Bonchev–Trinajstić information content (AvgIpc) is 3.17. The van der Waals surface area contributed by atoms with E-state index in [0.717, 1.165) is 63.4 Å². The van der Waals surface area contributed by atoms with Crippen LogP contribution in [0, 0.1) is 17.6 Å². The third-order valence-corrected chi connectivity index (χ3v) is 6.92. The van der Waals surface area contributed by atoms with Crippen molar-refractivity contribution in [2.24, 2.45) is 16.6 Å². The van der Waals surface area contributed by atoms with E-state index in [-0.39, 0.29) is 29.4 Å². The Labute approximate surface area is 199 Å². The number of amidine groups is 1. The molecule has 1 aromatic rings. The minimum atomic E-state index is -0.673. The summed E-state index contributed by atoms with van der Waals surface area (Å²) in [6.07, 6.45) is 7.90. The molecule has 9 heteroatoms. The van der Waals surface area contributed by atoms with Crippen molar-refractivity contribution in [1.82, 2.24) is 15.1 Å². The molecule has 3 fully saturated rings. The van der Waals surface area contributed by atoms with Crippen LogP contribution in [-0.2, 0) is 4.79 Å². The Kier molecular flexibility index (Phi) is 7.38. The maximum absolute atomic E-state index is 14.4. The van der Waals surface area contributed by atoms with Crippen LogP contribution in [0.1, 0.15) is 51.9 Å². The number of hydrogen-bond acceptors (Lipinski definition) is 5. The summed E-state index contributed by atoms with van der Waals surface area (Å²) < 4.78 is 27.8. The number of likely N-dealkylation sites (tertiary alicyclic amines) is 1. The molecule has 1 saturated carbocycles. The lowest BCUT2D eigenvalue weighted by Gasteiger charge is -2.39. The van der Waals surface area contributed by atoms with Gasteiger partial charge in [-0.05, 0) is 64.0 Å². The number of carbonyl (C=O) groups excluding carboxylic acids is 1. The van der Waals surface area contributed by atoms with Gasteiger partial charge in [0.25, 0.3) is 0 Å². The lowest BCUT2D eigenvalue weighted by Crippen LogP contribution is -2.51. The average molecular weight is 473 g/mol. The smallest absolute Gasteiger partial charge is 0.225 e. The molecule has 7 nitrogen and oxygen atoms in total. The van der Waals surface area contributed by atoms with Gasteiger partial charge < -0.3 is 26.2 Å². The minimum absolute atomic E-state index is 0.0388. The highest BCUT2D eigenvalue weighted by Gasteiger charge is 2.40. The number of nitrogens with zero attached hydrogens (tertiary/aromatic N) is 3. The van der Waals surface area contributed by atoms with Gasteiger partial charge in [-0.25, -0.2) is 13.8 Å². The Morgan fingerprint density at radius 3 is 2.53 bits per heavy atom. The topological polar surface area (TPSA) is 86.0 Å². The number of rotatable bonds is 5. The van der Waals surface area contributed by atoms with Crippen LogP contribution in [0.25, 0.3) is 0 Å². The minimum Gasteiger partial charge on any atom is -0.384 e. The van der Waals surface area contributed by atoms with E-state index in [1.807, 2.05) is 17.9 Å². The molecule has 2 saturated heterocycles. The van der Waals surface area contributed by atoms with Gasteiger partial charge in [-0.1, -0.05) is 12.7 Å². The van der Waals surface area contributed by atoms with Crippen LogP contribution in [0.2, 0.25) is 0 Å². The van der Waals surface area contributed by atoms with Crippen LogP contribution >= 0.6 is 0 Å². The number of aliphatic imine (C=N–C) groups is 1. The first-order chi connectivity index (χ1) is 16.4. The number of amides is 1. The molecule has 2 heterocycles. The van der Waals surface area contributed by atoms with E-state index >= 15 is 0 Å². The van der Waals surface area contributed by atoms with Crippen molar-refractivity contribution in [2.45, 2.75) is 64.2 Å². The third kappa shape index (κ3) is 5.18. The van der Waals surface area contributed by atoms with E-state index < -0.39 is 17.9 Å². The zero-order valence-electron chi connectivity index (χ0n) is 19.7. The molecule has 34 heavy (non-hydrogen) atoms. The molecular formula is C25H34F2N6O. The molecule has 1 amide bonds. The van der Waals surface area contributed by atoms with Crippen LogP contribution in [0.15, 0.2) is 47.4 Å². The van der Waals surface area contributed by atoms with E-state index in [1.165, 1.54) is 18.6 Å². The largest absolute Gasteiger partial charge is 0.384 e.